The smallest absolute Gasteiger partial charge is 0.328 e. The van der Waals surface area contributed by atoms with Gasteiger partial charge in [-0.15, -0.1) is 0 Å². The minimum atomic E-state index is -4.43. The molecule has 4 N–H and O–H groups in total. The Morgan fingerprint density at radius 3 is 2.17 bits per heavy atom. The zero-order valence-corrected chi connectivity index (χ0v) is 27.8. The molecule has 4 aromatic carbocycles. The molecule has 2 unspecified atom stereocenters. The van der Waals surface area contributed by atoms with Crippen molar-refractivity contribution in [3.63, 3.8) is 0 Å². The summed E-state index contributed by atoms with van der Waals surface area (Å²) < 4.78 is 33.5. The number of nitrogens with one attached hydrogen (secondary N) is 1. The largest absolute Gasteiger partial charge is 0.480 e. The van der Waals surface area contributed by atoms with Crippen molar-refractivity contribution in [2.45, 2.75) is 56.8 Å². The molecular weight excluding hydrogens is 653 g/mol. The number of anilines is 1. The fourth-order valence-corrected chi connectivity index (χ4v) is 7.02. The topological polar surface area (TPSA) is 156 Å². The molecule has 0 aliphatic carbocycles. The van der Waals surface area contributed by atoms with Crippen LogP contribution in [0.15, 0.2) is 83.8 Å². The molecule has 242 valence electrons. The molecule has 10 nitrogen and oxygen atoms in total. The number of carboxylic acids is 1. The summed E-state index contributed by atoms with van der Waals surface area (Å²) in [6.07, 6.45) is 0. The van der Waals surface area contributed by atoms with Crippen molar-refractivity contribution in [2.24, 2.45) is 5.73 Å². The van der Waals surface area contributed by atoms with Gasteiger partial charge >= 0.3 is 11.9 Å². The first-order valence-corrected chi connectivity index (χ1v) is 16.3. The van der Waals surface area contributed by atoms with E-state index in [1.54, 1.807) is 69.3 Å². The van der Waals surface area contributed by atoms with Crippen molar-refractivity contribution < 1.29 is 32.6 Å². The SMILES string of the molecule is CC(C(=O)O)N(c1ccc2c(C(=O)NCc3ccc(C(N)C(=O)OC(C)(C)C)cc3)cccc2c1)S(=O)(=O)c1cc(Cl)cc(Cl)c1. The van der Waals surface area contributed by atoms with Crippen molar-refractivity contribution in [1.29, 1.82) is 0 Å². The molecule has 4 rings (SSSR count). The summed E-state index contributed by atoms with van der Waals surface area (Å²) in [6.45, 7) is 6.71. The fourth-order valence-electron chi connectivity index (χ4n) is 4.69. The minimum absolute atomic E-state index is 0.0701. The molecule has 0 aromatic heterocycles. The van der Waals surface area contributed by atoms with E-state index in [-0.39, 0.29) is 33.1 Å². The van der Waals surface area contributed by atoms with E-state index in [4.69, 9.17) is 33.7 Å². The van der Waals surface area contributed by atoms with E-state index in [9.17, 15) is 27.9 Å². The van der Waals surface area contributed by atoms with Crippen LogP contribution in [-0.2, 0) is 30.9 Å². The van der Waals surface area contributed by atoms with Crippen LogP contribution in [0.3, 0.4) is 0 Å². The van der Waals surface area contributed by atoms with Crippen LogP contribution in [0.25, 0.3) is 10.8 Å². The number of amides is 1. The zero-order chi connectivity index (χ0) is 34.0. The van der Waals surface area contributed by atoms with Crippen LogP contribution >= 0.6 is 23.2 Å². The van der Waals surface area contributed by atoms with Crippen LogP contribution in [0, 0.1) is 0 Å². The third-order valence-electron chi connectivity index (χ3n) is 6.92. The average Bonchev–Trinajstić information content (AvgIpc) is 2.98. The summed E-state index contributed by atoms with van der Waals surface area (Å²) in [6, 6.07) is 17.7. The Morgan fingerprint density at radius 2 is 1.59 bits per heavy atom. The molecule has 0 aliphatic rings. The quantitative estimate of drug-likeness (QED) is 0.169. The molecule has 0 spiro atoms. The Kier molecular flexibility index (Phi) is 10.3. The number of hydrogen-bond donors (Lipinski definition) is 3. The number of fused-ring (bicyclic) bond motifs is 1. The zero-order valence-electron chi connectivity index (χ0n) is 25.5. The van der Waals surface area contributed by atoms with Gasteiger partial charge in [-0.1, -0.05) is 65.7 Å². The van der Waals surface area contributed by atoms with Gasteiger partial charge in [0.15, 0.2) is 0 Å². The maximum absolute atomic E-state index is 13.7. The van der Waals surface area contributed by atoms with Crippen LogP contribution in [0.1, 0.15) is 55.2 Å². The number of carboxylic acid groups (broad SMARTS) is 1. The van der Waals surface area contributed by atoms with Crippen LogP contribution < -0.4 is 15.4 Å². The minimum Gasteiger partial charge on any atom is -0.480 e. The van der Waals surface area contributed by atoms with Crippen LogP contribution in [-0.4, -0.2) is 43.0 Å². The van der Waals surface area contributed by atoms with E-state index >= 15 is 0 Å². The standard InChI is InChI=1S/C33H33Cl2N3O7S/c1-19(31(40)41)38(46(43,44)26-16-23(34)15-24(35)17-26)25-12-13-27-22(14-25)6-5-7-28(27)30(39)37-18-20-8-10-21(11-9-20)29(36)32(42)45-33(2,3)4/h5-17,19,29H,18,36H2,1-4H3,(H,37,39)(H,40,41). The van der Waals surface area contributed by atoms with Gasteiger partial charge in [0.05, 0.1) is 10.6 Å². The van der Waals surface area contributed by atoms with Crippen molar-refractivity contribution in [1.82, 2.24) is 5.32 Å². The number of sulfonamides is 1. The molecule has 0 saturated carbocycles. The number of hydrogen-bond acceptors (Lipinski definition) is 7. The first kappa shape index (κ1) is 34.7. The number of ether oxygens (including phenoxy) is 1. The van der Waals surface area contributed by atoms with E-state index in [1.165, 1.54) is 37.3 Å². The van der Waals surface area contributed by atoms with Gasteiger partial charge < -0.3 is 20.9 Å². The number of aliphatic carboxylic acids is 1. The molecule has 46 heavy (non-hydrogen) atoms. The number of carbonyl (C=O) groups excluding carboxylic acids is 2. The second kappa shape index (κ2) is 13.7. The van der Waals surface area contributed by atoms with E-state index in [2.05, 4.69) is 5.32 Å². The molecule has 13 heteroatoms. The van der Waals surface area contributed by atoms with Crippen molar-refractivity contribution in [2.75, 3.05) is 4.31 Å². The van der Waals surface area contributed by atoms with Crippen LogP contribution in [0.4, 0.5) is 5.69 Å². The summed E-state index contributed by atoms with van der Waals surface area (Å²) in [5, 5.41) is 13.8. The second-order valence-corrected chi connectivity index (χ2v) is 14.3. The number of nitrogens with two attached hydrogens (primary N) is 1. The molecule has 2 atom stereocenters. The normalized spacial score (nSPS) is 13.1. The molecule has 0 bridgehead atoms. The fraction of sp³-hybridized carbons (Fsp3) is 0.242. The van der Waals surface area contributed by atoms with Crippen molar-refractivity contribution >= 4 is 67.5 Å². The van der Waals surface area contributed by atoms with Gasteiger partial charge in [-0.25, -0.2) is 18.0 Å². The molecule has 1 amide bonds. The Balaban J connectivity index is 1.57. The maximum Gasteiger partial charge on any atom is 0.328 e. The highest BCUT2D eigenvalue weighted by Crippen LogP contribution is 2.33. The molecule has 4 aromatic rings. The predicted octanol–water partition coefficient (Wildman–Crippen LogP) is 6.09. The van der Waals surface area contributed by atoms with Gasteiger partial charge in [0.25, 0.3) is 15.9 Å². The van der Waals surface area contributed by atoms with E-state index in [0.717, 1.165) is 9.87 Å². The summed E-state index contributed by atoms with van der Waals surface area (Å²) in [5.41, 5.74) is 7.12. The maximum atomic E-state index is 13.7. The van der Waals surface area contributed by atoms with Crippen molar-refractivity contribution in [3.8, 4) is 0 Å². The Bertz CT molecular complexity index is 1890. The molecular formula is C33H33Cl2N3O7S. The molecule has 0 aliphatic heterocycles. The highest BCUT2D eigenvalue weighted by molar-refractivity contribution is 7.93. The first-order chi connectivity index (χ1) is 21.5. The lowest BCUT2D eigenvalue weighted by Crippen LogP contribution is -2.43. The number of halogens is 2. The van der Waals surface area contributed by atoms with Gasteiger partial charge in [0, 0.05) is 22.2 Å². The van der Waals surface area contributed by atoms with E-state index < -0.39 is 39.6 Å². The highest BCUT2D eigenvalue weighted by Gasteiger charge is 2.34. The predicted molar refractivity (Wildman–Crippen MR) is 178 cm³/mol. The lowest BCUT2D eigenvalue weighted by molar-refractivity contribution is -0.156. The molecule has 0 fully saturated rings. The summed E-state index contributed by atoms with van der Waals surface area (Å²) >= 11 is 12.1. The van der Waals surface area contributed by atoms with Gasteiger partial charge in [-0.2, -0.15) is 0 Å². The number of rotatable bonds is 10. The number of carbonyl (C=O) groups is 3. The van der Waals surface area contributed by atoms with Gasteiger partial charge in [0.1, 0.15) is 17.7 Å². The number of nitrogens with zero attached hydrogens (tertiary/aromatic N) is 1. The lowest BCUT2D eigenvalue weighted by Gasteiger charge is -2.28. The van der Waals surface area contributed by atoms with Crippen molar-refractivity contribution in [3.05, 3.63) is 106 Å². The van der Waals surface area contributed by atoms with Gasteiger partial charge in [-0.3, -0.25) is 9.10 Å². The van der Waals surface area contributed by atoms with E-state index in [0.29, 0.717) is 21.9 Å². The summed E-state index contributed by atoms with van der Waals surface area (Å²) in [7, 11) is -4.43. The summed E-state index contributed by atoms with van der Waals surface area (Å²) in [4.78, 5) is 37.3. The molecule has 0 radical (unpaired) electrons. The van der Waals surface area contributed by atoms with Crippen LogP contribution in [0.5, 0.6) is 0 Å². The number of esters is 1. The second-order valence-electron chi connectivity index (χ2n) is 11.6. The highest BCUT2D eigenvalue weighted by atomic mass is 35.5. The third kappa shape index (κ3) is 7.97. The Morgan fingerprint density at radius 1 is 0.957 bits per heavy atom. The van der Waals surface area contributed by atoms with Gasteiger partial charge in [0.2, 0.25) is 0 Å². The summed E-state index contributed by atoms with van der Waals surface area (Å²) in [5.74, 6) is -2.30. The van der Waals surface area contributed by atoms with Gasteiger partial charge in [-0.05, 0) is 86.0 Å². The lowest BCUT2D eigenvalue weighted by atomic mass is 10.0. The molecule has 0 saturated heterocycles. The Hall–Kier alpha value is -4.16. The third-order valence-corrected chi connectivity index (χ3v) is 9.23. The Labute approximate surface area is 277 Å². The van der Waals surface area contributed by atoms with Crippen LogP contribution in [0.2, 0.25) is 10.0 Å². The average molecular weight is 687 g/mol. The first-order valence-electron chi connectivity index (χ1n) is 14.1. The number of benzene rings is 4. The van der Waals surface area contributed by atoms with E-state index in [1.807, 2.05) is 0 Å². The monoisotopic (exact) mass is 685 g/mol. The molecule has 0 heterocycles.